The molecule has 0 aliphatic rings. The zero-order valence-electron chi connectivity index (χ0n) is 19.4. The highest BCUT2D eigenvalue weighted by Gasteiger charge is 2.26. The molecule has 1 aromatic carbocycles. The Kier molecular flexibility index (Phi) is 8.29. The predicted octanol–water partition coefficient (Wildman–Crippen LogP) is 4.95. The van der Waals surface area contributed by atoms with Gasteiger partial charge in [-0.25, -0.2) is 10.4 Å². The summed E-state index contributed by atoms with van der Waals surface area (Å²) in [5.41, 5.74) is 2.49. The normalized spacial score (nSPS) is 13.2. The number of nitrogens with zero attached hydrogens (tertiary/aromatic N) is 3. The molecule has 0 fully saturated rings. The molecule has 0 amide bonds. The molecule has 1 heterocycles. The number of para-hydroxylation sites is 1. The predicted molar refractivity (Wildman–Crippen MR) is 120 cm³/mol. The number of benzene rings is 1. The summed E-state index contributed by atoms with van der Waals surface area (Å²) in [4.78, 5) is 0. The van der Waals surface area contributed by atoms with Crippen molar-refractivity contribution in [1.29, 1.82) is 0 Å². The minimum absolute atomic E-state index is 0.0388. The van der Waals surface area contributed by atoms with Crippen molar-refractivity contribution in [1.82, 2.24) is 4.57 Å². The molecule has 0 unspecified atom stereocenters. The second-order valence-corrected chi connectivity index (χ2v) is 10.1. The van der Waals surface area contributed by atoms with Gasteiger partial charge in [-0.15, -0.1) is 0 Å². The van der Waals surface area contributed by atoms with E-state index in [1.807, 2.05) is 0 Å². The first-order chi connectivity index (χ1) is 13.5. The first-order valence-electron chi connectivity index (χ1n) is 11.2. The summed E-state index contributed by atoms with van der Waals surface area (Å²) in [5, 5.41) is 22.7. The largest absolute Gasteiger partial charge is 0.341 e. The van der Waals surface area contributed by atoms with Crippen LogP contribution in [0.3, 0.4) is 0 Å². The van der Waals surface area contributed by atoms with Gasteiger partial charge in [-0.2, -0.15) is 9.29 Å². The van der Waals surface area contributed by atoms with Crippen LogP contribution in [-0.2, 0) is 13.0 Å². The average molecular weight is 406 g/mol. The van der Waals surface area contributed by atoms with Gasteiger partial charge in [0.15, 0.2) is 0 Å². The van der Waals surface area contributed by atoms with Crippen LogP contribution in [0, 0.1) is 11.8 Å². The second kappa shape index (κ2) is 10.1. The molecular formula is C24H43N3O2+2. The van der Waals surface area contributed by atoms with Crippen molar-refractivity contribution >= 4 is 10.9 Å². The first kappa shape index (κ1) is 23.9. The summed E-state index contributed by atoms with van der Waals surface area (Å²) in [7, 11) is 3.60. The van der Waals surface area contributed by atoms with E-state index >= 15 is 0 Å². The Morgan fingerprint density at radius 1 is 0.862 bits per heavy atom. The smallest absolute Gasteiger partial charge is 0.126 e. The standard InChI is InChI=1S/C24H43N3O2/c1-20(2)11-15-27(29,16-12-21(3)4)17-13-22-19-25(14-18-26(5,6)28)24-10-8-7-9-23(22)24/h7-10,19-21,28-29H,11-18H2,1-6H3/q+2. The van der Waals surface area contributed by atoms with Gasteiger partial charge in [0.25, 0.3) is 0 Å². The maximum absolute atomic E-state index is 11.4. The van der Waals surface area contributed by atoms with Gasteiger partial charge in [0.05, 0.1) is 20.6 Å². The Labute approximate surface area is 177 Å². The van der Waals surface area contributed by atoms with E-state index in [0.717, 1.165) is 45.4 Å². The number of rotatable bonds is 12. The van der Waals surface area contributed by atoms with Crippen LogP contribution < -0.4 is 0 Å². The van der Waals surface area contributed by atoms with Gasteiger partial charge >= 0.3 is 0 Å². The summed E-state index contributed by atoms with van der Waals surface area (Å²) in [6.07, 6.45) is 5.16. The Balaban J connectivity index is 2.17. The molecule has 0 aliphatic heterocycles. The molecular weight excluding hydrogens is 362 g/mol. The number of fused-ring (bicyclic) bond motifs is 1. The lowest BCUT2D eigenvalue weighted by atomic mass is 10.1. The molecule has 2 aromatic rings. The Bertz CT molecular complexity index is 747. The van der Waals surface area contributed by atoms with Crippen molar-refractivity contribution < 1.29 is 19.7 Å². The third-order valence-electron chi connectivity index (χ3n) is 5.80. The van der Waals surface area contributed by atoms with Crippen LogP contribution in [0.25, 0.3) is 10.9 Å². The van der Waals surface area contributed by atoms with E-state index in [9.17, 15) is 10.4 Å². The highest BCUT2D eigenvalue weighted by molar-refractivity contribution is 5.84. The van der Waals surface area contributed by atoms with Crippen LogP contribution >= 0.6 is 0 Å². The van der Waals surface area contributed by atoms with Gasteiger partial charge in [-0.1, -0.05) is 45.9 Å². The lowest BCUT2D eigenvalue weighted by Gasteiger charge is -2.31. The number of hydroxylamine groups is 6. The van der Waals surface area contributed by atoms with Gasteiger partial charge in [0.2, 0.25) is 0 Å². The summed E-state index contributed by atoms with van der Waals surface area (Å²) in [5.74, 6) is 1.20. The van der Waals surface area contributed by atoms with Gasteiger partial charge in [0, 0.05) is 36.4 Å². The van der Waals surface area contributed by atoms with Gasteiger partial charge in [0.1, 0.15) is 26.2 Å². The molecule has 0 radical (unpaired) electrons. The SMILES string of the molecule is CC(C)CC[N+](O)(CCc1cn(CC[N+](C)(C)O)c2ccccc12)CCC(C)C. The lowest BCUT2D eigenvalue weighted by molar-refractivity contribution is -1.10. The lowest BCUT2D eigenvalue weighted by Crippen LogP contribution is -2.48. The van der Waals surface area contributed by atoms with Crippen molar-refractivity contribution in [2.24, 2.45) is 11.8 Å². The van der Waals surface area contributed by atoms with Crippen molar-refractivity contribution in [3.63, 3.8) is 0 Å². The van der Waals surface area contributed by atoms with Crippen LogP contribution in [-0.4, -0.2) is 64.5 Å². The van der Waals surface area contributed by atoms with E-state index in [0.29, 0.717) is 18.4 Å². The molecule has 0 saturated heterocycles. The molecule has 5 nitrogen and oxygen atoms in total. The minimum atomic E-state index is -0.0388. The second-order valence-electron chi connectivity index (χ2n) is 10.1. The fourth-order valence-electron chi connectivity index (χ4n) is 3.72. The number of hydrogen-bond acceptors (Lipinski definition) is 2. The maximum atomic E-state index is 11.4. The Morgan fingerprint density at radius 3 is 2.00 bits per heavy atom. The number of likely N-dealkylation sites (N-methyl/N-ethyl adjacent to an activating group) is 1. The van der Waals surface area contributed by atoms with Crippen molar-refractivity contribution in [2.45, 2.75) is 53.5 Å². The van der Waals surface area contributed by atoms with Crippen molar-refractivity contribution in [3.05, 3.63) is 36.0 Å². The van der Waals surface area contributed by atoms with Gasteiger partial charge in [-0.3, -0.25) is 0 Å². The fourth-order valence-corrected chi connectivity index (χ4v) is 3.72. The molecule has 164 valence electrons. The quantitative estimate of drug-likeness (QED) is 0.388. The average Bonchev–Trinajstić information content (AvgIpc) is 2.99. The van der Waals surface area contributed by atoms with E-state index in [1.165, 1.54) is 16.5 Å². The van der Waals surface area contributed by atoms with E-state index in [1.54, 1.807) is 14.1 Å². The molecule has 0 atom stereocenters. The van der Waals surface area contributed by atoms with Crippen LogP contribution in [0.15, 0.2) is 30.5 Å². The summed E-state index contributed by atoms with van der Waals surface area (Å²) in [6, 6.07) is 8.48. The molecule has 0 spiro atoms. The van der Waals surface area contributed by atoms with Crippen LogP contribution in [0.5, 0.6) is 0 Å². The molecule has 2 rings (SSSR count). The molecule has 0 bridgehead atoms. The Hall–Kier alpha value is -1.40. The molecule has 2 N–H and O–H groups in total. The molecule has 0 aliphatic carbocycles. The zero-order chi connectivity index (χ0) is 21.7. The van der Waals surface area contributed by atoms with Gasteiger partial charge < -0.3 is 4.57 Å². The Morgan fingerprint density at radius 2 is 1.45 bits per heavy atom. The fraction of sp³-hybridized carbons (Fsp3) is 0.667. The van der Waals surface area contributed by atoms with Gasteiger partial charge in [-0.05, 0) is 23.5 Å². The number of quaternary nitrogens is 2. The molecule has 0 saturated carbocycles. The number of hydrogen-bond donors (Lipinski definition) is 2. The topological polar surface area (TPSA) is 45.4 Å². The maximum Gasteiger partial charge on any atom is 0.126 e. The zero-order valence-corrected chi connectivity index (χ0v) is 19.4. The van der Waals surface area contributed by atoms with E-state index in [-0.39, 0.29) is 9.29 Å². The van der Waals surface area contributed by atoms with Crippen LogP contribution in [0.1, 0.15) is 46.1 Å². The first-order valence-corrected chi connectivity index (χ1v) is 11.2. The van der Waals surface area contributed by atoms with Crippen molar-refractivity contribution in [2.75, 3.05) is 40.3 Å². The van der Waals surface area contributed by atoms with Crippen molar-refractivity contribution in [3.8, 4) is 0 Å². The highest BCUT2D eigenvalue weighted by Crippen LogP contribution is 2.23. The summed E-state index contributed by atoms with van der Waals surface area (Å²) in [6.45, 7) is 12.7. The van der Waals surface area contributed by atoms with Crippen LogP contribution in [0.2, 0.25) is 0 Å². The van der Waals surface area contributed by atoms with E-state index in [4.69, 9.17) is 0 Å². The van der Waals surface area contributed by atoms with E-state index < -0.39 is 0 Å². The molecule has 5 heteroatoms. The minimum Gasteiger partial charge on any atom is -0.341 e. The monoisotopic (exact) mass is 405 g/mol. The highest BCUT2D eigenvalue weighted by atomic mass is 16.5. The molecule has 1 aromatic heterocycles. The third kappa shape index (κ3) is 7.74. The third-order valence-corrected chi connectivity index (χ3v) is 5.80. The molecule has 29 heavy (non-hydrogen) atoms. The summed E-state index contributed by atoms with van der Waals surface area (Å²) >= 11 is 0. The summed E-state index contributed by atoms with van der Waals surface area (Å²) < 4.78 is 2.37. The van der Waals surface area contributed by atoms with E-state index in [2.05, 4.69) is 62.7 Å². The van der Waals surface area contributed by atoms with Crippen LogP contribution in [0.4, 0.5) is 0 Å². The number of aromatic nitrogens is 1.